The van der Waals surface area contributed by atoms with Crippen molar-refractivity contribution in [3.8, 4) is 0 Å². The quantitative estimate of drug-likeness (QED) is 0.605. The van der Waals surface area contributed by atoms with Gasteiger partial charge in [0.05, 0.1) is 0 Å². The molecule has 0 aliphatic rings. The van der Waals surface area contributed by atoms with Crippen LogP contribution in [0.15, 0.2) is 46.2 Å². The van der Waals surface area contributed by atoms with Gasteiger partial charge < -0.3 is 9.73 Å². The van der Waals surface area contributed by atoms with Crippen molar-refractivity contribution in [2.75, 3.05) is 4.90 Å². The lowest BCUT2D eigenvalue weighted by Crippen LogP contribution is -2.50. The molecule has 0 aliphatic heterocycles. The molecule has 1 N–H and O–H groups in total. The second-order valence-corrected chi connectivity index (χ2v) is 8.13. The number of hydrogen-bond acceptors (Lipinski definition) is 6. The number of halogens is 1. The van der Waals surface area contributed by atoms with E-state index in [1.807, 2.05) is 20.8 Å². The Morgan fingerprint density at radius 3 is 2.63 bits per heavy atom. The van der Waals surface area contributed by atoms with Gasteiger partial charge in [0.1, 0.15) is 17.3 Å². The van der Waals surface area contributed by atoms with Crippen molar-refractivity contribution in [2.45, 2.75) is 45.7 Å². The monoisotopic (exact) mass is 430 g/mol. The van der Waals surface area contributed by atoms with Gasteiger partial charge in [-0.3, -0.25) is 14.5 Å². The summed E-state index contributed by atoms with van der Waals surface area (Å²) in [5.74, 6) is -0.725. The van der Waals surface area contributed by atoms with E-state index in [2.05, 4.69) is 14.9 Å². The predicted molar refractivity (Wildman–Crippen MR) is 112 cm³/mol. The largest absolute Gasteiger partial charge is 0.464 e. The molecule has 1 atom stereocenters. The Balaban J connectivity index is 2.15. The zero-order valence-corrected chi connectivity index (χ0v) is 18.0. The van der Waals surface area contributed by atoms with E-state index in [1.165, 1.54) is 28.5 Å². The molecule has 9 heteroatoms. The highest BCUT2D eigenvalue weighted by atomic mass is 32.1. The first-order valence-corrected chi connectivity index (χ1v) is 10.3. The fourth-order valence-electron chi connectivity index (χ4n) is 2.86. The van der Waals surface area contributed by atoms with Crippen molar-refractivity contribution in [2.24, 2.45) is 0 Å². The number of nitrogens with zero attached hydrogens (tertiary/aromatic N) is 3. The minimum Gasteiger partial charge on any atom is -0.464 e. The van der Waals surface area contributed by atoms with Crippen LogP contribution in [0, 0.1) is 12.7 Å². The van der Waals surface area contributed by atoms with E-state index in [0.29, 0.717) is 12.2 Å². The molecule has 0 saturated heterocycles. The number of anilines is 1. The number of carbonyl (C=O) groups is 2. The molecular weight excluding hydrogens is 407 g/mol. The molecule has 2 amide bonds. The maximum absolute atomic E-state index is 14.0. The molecule has 3 aromatic rings. The lowest BCUT2D eigenvalue weighted by Gasteiger charge is -2.33. The van der Waals surface area contributed by atoms with E-state index in [1.54, 1.807) is 25.1 Å². The summed E-state index contributed by atoms with van der Waals surface area (Å²) in [6.45, 7) is 7.46. The first-order chi connectivity index (χ1) is 14.2. The van der Waals surface area contributed by atoms with Gasteiger partial charge in [-0.2, -0.15) is 0 Å². The van der Waals surface area contributed by atoms with Gasteiger partial charge in [-0.25, -0.2) is 4.39 Å². The van der Waals surface area contributed by atoms with Crippen molar-refractivity contribution >= 4 is 29.0 Å². The molecule has 158 valence electrons. The lowest BCUT2D eigenvalue weighted by atomic mass is 10.0. The van der Waals surface area contributed by atoms with Crippen LogP contribution in [0.25, 0.3) is 0 Å². The summed E-state index contributed by atoms with van der Waals surface area (Å²) < 4.78 is 23.5. The van der Waals surface area contributed by atoms with Crippen molar-refractivity contribution in [3.05, 3.63) is 64.8 Å². The minimum atomic E-state index is -1.17. The van der Waals surface area contributed by atoms with Crippen molar-refractivity contribution < 1.29 is 18.4 Å². The molecule has 2 heterocycles. The Hall–Kier alpha value is -3.07. The van der Waals surface area contributed by atoms with Crippen LogP contribution in [0.1, 0.15) is 55.2 Å². The smallest absolute Gasteiger partial charge is 0.280 e. The highest BCUT2D eigenvalue weighted by Crippen LogP contribution is 2.31. The third-order valence-corrected chi connectivity index (χ3v) is 5.27. The molecule has 2 aromatic heterocycles. The second-order valence-electron chi connectivity index (χ2n) is 7.52. The van der Waals surface area contributed by atoms with Crippen LogP contribution >= 0.6 is 11.5 Å². The predicted octanol–water partition coefficient (Wildman–Crippen LogP) is 4.27. The lowest BCUT2D eigenvalue weighted by molar-refractivity contribution is -0.124. The minimum absolute atomic E-state index is 0.0556. The van der Waals surface area contributed by atoms with Crippen LogP contribution in [0.3, 0.4) is 0 Å². The summed E-state index contributed by atoms with van der Waals surface area (Å²) in [4.78, 5) is 28.0. The molecule has 0 aliphatic carbocycles. The van der Waals surface area contributed by atoms with Crippen LogP contribution in [-0.2, 0) is 4.79 Å². The summed E-state index contributed by atoms with van der Waals surface area (Å²) in [7, 11) is 0. The van der Waals surface area contributed by atoms with Gasteiger partial charge in [-0.1, -0.05) is 17.5 Å². The summed E-state index contributed by atoms with van der Waals surface area (Å²) in [5.41, 5.74) is -0.257. The highest BCUT2D eigenvalue weighted by Gasteiger charge is 2.38. The van der Waals surface area contributed by atoms with Crippen LogP contribution in [-0.4, -0.2) is 26.9 Å². The maximum Gasteiger partial charge on any atom is 0.280 e. The molecule has 0 spiro atoms. The maximum atomic E-state index is 14.0. The van der Waals surface area contributed by atoms with Gasteiger partial charge >= 0.3 is 0 Å². The number of rotatable bonds is 7. The Morgan fingerprint density at radius 2 is 2.07 bits per heavy atom. The number of aryl methyl sites for hydroxylation is 1. The fraction of sp³-hybridized carbons (Fsp3) is 0.333. The van der Waals surface area contributed by atoms with E-state index in [-0.39, 0.29) is 17.1 Å². The number of hydrogen-bond donors (Lipinski definition) is 1. The normalized spacial score (nSPS) is 12.4. The summed E-state index contributed by atoms with van der Waals surface area (Å²) in [6, 6.07) is 7.67. The summed E-state index contributed by atoms with van der Waals surface area (Å²) >= 11 is 1.01. The Morgan fingerprint density at radius 1 is 1.30 bits per heavy atom. The van der Waals surface area contributed by atoms with Crippen LogP contribution < -0.4 is 10.2 Å². The van der Waals surface area contributed by atoms with Crippen LogP contribution in [0.5, 0.6) is 0 Å². The molecule has 0 fully saturated rings. The summed E-state index contributed by atoms with van der Waals surface area (Å²) in [5, 5.41) is 8.28. The van der Waals surface area contributed by atoms with E-state index in [4.69, 9.17) is 4.42 Å². The second kappa shape index (κ2) is 8.74. The number of furan rings is 1. The standard InChI is InChI=1S/C21H23FN4O3S/c1-5-21(3,4)23-19(27)18(17-10-9-13(2)29-17)26(15-8-6-7-14(22)11-15)20(28)16-12-30-25-24-16/h6-12,18H,5H2,1-4H3,(H,23,27)/t18-/m1/s1. The van der Waals surface area contributed by atoms with Gasteiger partial charge in [0, 0.05) is 16.6 Å². The zero-order chi connectivity index (χ0) is 21.9. The third kappa shape index (κ3) is 4.73. The molecule has 0 saturated carbocycles. The van der Waals surface area contributed by atoms with Gasteiger partial charge in [0.25, 0.3) is 11.8 Å². The highest BCUT2D eigenvalue weighted by molar-refractivity contribution is 7.03. The van der Waals surface area contributed by atoms with Gasteiger partial charge in [0.15, 0.2) is 11.7 Å². The molecule has 0 unspecified atom stereocenters. The van der Waals surface area contributed by atoms with Crippen molar-refractivity contribution in [3.63, 3.8) is 0 Å². The van der Waals surface area contributed by atoms with Crippen LogP contribution in [0.4, 0.5) is 10.1 Å². The average Bonchev–Trinajstić information content (AvgIpc) is 3.37. The van der Waals surface area contributed by atoms with Crippen molar-refractivity contribution in [1.29, 1.82) is 0 Å². The number of aromatic nitrogens is 2. The van der Waals surface area contributed by atoms with Gasteiger partial charge in [-0.15, -0.1) is 5.10 Å². The van der Waals surface area contributed by atoms with E-state index < -0.39 is 29.2 Å². The number of amides is 2. The molecule has 7 nitrogen and oxygen atoms in total. The van der Waals surface area contributed by atoms with Crippen molar-refractivity contribution in [1.82, 2.24) is 14.9 Å². The molecule has 1 aromatic carbocycles. The Kier molecular flexibility index (Phi) is 6.31. The molecule has 0 bridgehead atoms. The first-order valence-electron chi connectivity index (χ1n) is 9.46. The third-order valence-electron chi connectivity index (χ3n) is 4.77. The Labute approximate surface area is 178 Å². The number of benzene rings is 1. The summed E-state index contributed by atoms with van der Waals surface area (Å²) in [6.07, 6.45) is 0.673. The van der Waals surface area contributed by atoms with Gasteiger partial charge in [-0.05, 0) is 69.1 Å². The van der Waals surface area contributed by atoms with E-state index >= 15 is 0 Å². The number of carbonyl (C=O) groups excluding carboxylic acids is 2. The molecule has 0 radical (unpaired) electrons. The van der Waals surface area contributed by atoms with Crippen LogP contribution in [0.2, 0.25) is 0 Å². The molecular formula is C21H23FN4O3S. The first kappa shape index (κ1) is 21.6. The number of nitrogens with one attached hydrogen (secondary N) is 1. The van der Waals surface area contributed by atoms with Gasteiger partial charge in [0.2, 0.25) is 0 Å². The molecule has 3 rings (SSSR count). The van der Waals surface area contributed by atoms with E-state index in [9.17, 15) is 14.0 Å². The zero-order valence-electron chi connectivity index (χ0n) is 17.2. The SMILES string of the molecule is CCC(C)(C)NC(=O)[C@@H](c1ccc(C)o1)N(C(=O)c1csnn1)c1cccc(F)c1. The average molecular weight is 431 g/mol. The van der Waals surface area contributed by atoms with E-state index in [0.717, 1.165) is 11.5 Å². The molecule has 30 heavy (non-hydrogen) atoms. The topological polar surface area (TPSA) is 88.3 Å². The fourth-order valence-corrected chi connectivity index (χ4v) is 3.29. The Bertz CT molecular complexity index is 1030.